The van der Waals surface area contributed by atoms with Gasteiger partial charge < -0.3 is 15.4 Å². The molecule has 0 radical (unpaired) electrons. The number of esters is 1. The van der Waals surface area contributed by atoms with Crippen molar-refractivity contribution in [2.45, 2.75) is 68.9 Å². The highest BCUT2D eigenvalue weighted by molar-refractivity contribution is 6.67. The second-order valence-electron chi connectivity index (χ2n) is 7.41. The summed E-state index contributed by atoms with van der Waals surface area (Å²) in [5, 5.41) is 6.54. The van der Waals surface area contributed by atoms with E-state index in [4.69, 9.17) is 39.5 Å². The van der Waals surface area contributed by atoms with Crippen molar-refractivity contribution in [3.05, 3.63) is 0 Å². The SMILES string of the molecule is CCC(=O)N[C@H](C(=O)N[C@@H](C)C(=O)N1CCC[C@@H](C(=O)OCC(Cl)(Cl)Cl)N1)C(C)C. The van der Waals surface area contributed by atoms with Gasteiger partial charge in [-0.05, 0) is 25.7 Å². The molecule has 0 aromatic heterocycles. The van der Waals surface area contributed by atoms with E-state index < -0.39 is 46.3 Å². The summed E-state index contributed by atoms with van der Waals surface area (Å²) in [6, 6.07) is -2.41. The highest BCUT2D eigenvalue weighted by atomic mass is 35.6. The van der Waals surface area contributed by atoms with Gasteiger partial charge in [0.1, 0.15) is 24.7 Å². The molecule has 30 heavy (non-hydrogen) atoms. The van der Waals surface area contributed by atoms with Crippen LogP contribution in [0.3, 0.4) is 0 Å². The predicted molar refractivity (Wildman–Crippen MR) is 114 cm³/mol. The summed E-state index contributed by atoms with van der Waals surface area (Å²) >= 11 is 16.7. The second kappa shape index (κ2) is 11.9. The van der Waals surface area contributed by atoms with Gasteiger partial charge in [0.15, 0.2) is 0 Å². The first-order valence-electron chi connectivity index (χ1n) is 9.76. The maximum absolute atomic E-state index is 12.7. The highest BCUT2D eigenvalue weighted by Gasteiger charge is 2.34. The van der Waals surface area contributed by atoms with Crippen molar-refractivity contribution in [1.29, 1.82) is 0 Å². The van der Waals surface area contributed by atoms with Gasteiger partial charge in [-0.15, -0.1) is 0 Å². The van der Waals surface area contributed by atoms with Crippen molar-refractivity contribution in [3.63, 3.8) is 0 Å². The van der Waals surface area contributed by atoms with E-state index in [1.165, 1.54) is 11.9 Å². The number of hydrazine groups is 1. The van der Waals surface area contributed by atoms with Crippen LogP contribution >= 0.6 is 34.8 Å². The van der Waals surface area contributed by atoms with Gasteiger partial charge in [0.05, 0.1) is 0 Å². The lowest BCUT2D eigenvalue weighted by atomic mass is 10.0. The molecule has 0 bridgehead atoms. The lowest BCUT2D eigenvalue weighted by molar-refractivity contribution is -0.152. The Balaban J connectivity index is 2.67. The third kappa shape index (κ3) is 8.83. The zero-order chi connectivity index (χ0) is 23.1. The Kier molecular flexibility index (Phi) is 10.6. The van der Waals surface area contributed by atoms with Crippen molar-refractivity contribution in [2.24, 2.45) is 5.92 Å². The summed E-state index contributed by atoms with van der Waals surface area (Å²) in [4.78, 5) is 49.1. The van der Waals surface area contributed by atoms with Crippen LogP contribution in [0.15, 0.2) is 0 Å². The molecule has 3 N–H and O–H groups in total. The van der Waals surface area contributed by atoms with Crippen molar-refractivity contribution in [3.8, 4) is 0 Å². The molecule has 1 rings (SSSR count). The van der Waals surface area contributed by atoms with Crippen molar-refractivity contribution in [2.75, 3.05) is 13.2 Å². The van der Waals surface area contributed by atoms with Crippen molar-refractivity contribution in [1.82, 2.24) is 21.1 Å². The molecule has 9 nitrogen and oxygen atoms in total. The molecule has 3 atom stereocenters. The van der Waals surface area contributed by atoms with Gasteiger partial charge in [-0.1, -0.05) is 55.6 Å². The number of hydrogen-bond donors (Lipinski definition) is 3. The summed E-state index contributed by atoms with van der Waals surface area (Å²) in [5.41, 5.74) is 2.80. The fourth-order valence-corrected chi connectivity index (χ4v) is 2.94. The third-order valence-electron chi connectivity index (χ3n) is 4.43. The molecule has 0 aliphatic carbocycles. The number of ether oxygens (including phenoxy) is 1. The monoisotopic (exact) mass is 486 g/mol. The first-order valence-corrected chi connectivity index (χ1v) is 10.9. The van der Waals surface area contributed by atoms with Crippen molar-refractivity contribution < 1.29 is 23.9 Å². The number of carbonyl (C=O) groups is 4. The standard InChI is InChI=1S/C18H29Cl3N4O5/c1-5-13(26)23-14(10(2)3)15(27)22-11(4)16(28)25-8-6-7-12(24-25)17(29)30-9-18(19,20)21/h10-12,14,24H,5-9H2,1-4H3,(H,22,27)(H,23,26)/t11-,12-,14-/m0/s1. The number of carbonyl (C=O) groups excluding carboxylic acids is 4. The van der Waals surface area contributed by atoms with Crippen LogP contribution < -0.4 is 16.1 Å². The van der Waals surface area contributed by atoms with E-state index in [0.29, 0.717) is 19.4 Å². The molecule has 1 aliphatic rings. The number of amides is 3. The van der Waals surface area contributed by atoms with Gasteiger partial charge in [0.2, 0.25) is 15.6 Å². The molecule has 1 heterocycles. The minimum atomic E-state index is -1.72. The van der Waals surface area contributed by atoms with Gasteiger partial charge >= 0.3 is 5.97 Å². The lowest BCUT2D eigenvalue weighted by Gasteiger charge is -2.34. The molecule has 0 spiro atoms. The van der Waals surface area contributed by atoms with Gasteiger partial charge in [-0.25, -0.2) is 5.43 Å². The first kappa shape index (κ1) is 26.7. The van der Waals surface area contributed by atoms with E-state index in [1.807, 2.05) is 0 Å². The van der Waals surface area contributed by atoms with E-state index in [2.05, 4.69) is 16.1 Å². The van der Waals surface area contributed by atoms with E-state index >= 15 is 0 Å². The summed E-state index contributed by atoms with van der Waals surface area (Å²) in [5.74, 6) is -1.93. The fraction of sp³-hybridized carbons (Fsp3) is 0.778. The average molecular weight is 488 g/mol. The zero-order valence-electron chi connectivity index (χ0n) is 17.5. The van der Waals surface area contributed by atoms with Gasteiger partial charge in [0, 0.05) is 13.0 Å². The molecule has 0 saturated carbocycles. The fourth-order valence-electron chi connectivity index (χ4n) is 2.78. The van der Waals surface area contributed by atoms with Crippen LogP contribution in [0.4, 0.5) is 0 Å². The molecule has 172 valence electrons. The first-order chi connectivity index (χ1) is 13.9. The normalized spacial score (nSPS) is 19.1. The maximum Gasteiger partial charge on any atom is 0.325 e. The third-order valence-corrected chi connectivity index (χ3v) is 4.76. The van der Waals surface area contributed by atoms with Gasteiger partial charge in [0.25, 0.3) is 5.91 Å². The molecule has 3 amide bonds. The summed E-state index contributed by atoms with van der Waals surface area (Å²) in [7, 11) is 0. The number of hydrogen-bond acceptors (Lipinski definition) is 6. The zero-order valence-corrected chi connectivity index (χ0v) is 19.7. The number of rotatable bonds is 8. The average Bonchev–Trinajstić information content (AvgIpc) is 2.68. The Bertz CT molecular complexity index is 642. The molecule has 1 fully saturated rings. The molecule has 12 heteroatoms. The Morgan fingerprint density at radius 3 is 2.33 bits per heavy atom. The van der Waals surface area contributed by atoms with E-state index in [0.717, 1.165) is 0 Å². The van der Waals surface area contributed by atoms with Crippen LogP contribution in [-0.2, 0) is 23.9 Å². The molecule has 1 aliphatic heterocycles. The highest BCUT2D eigenvalue weighted by Crippen LogP contribution is 2.26. The van der Waals surface area contributed by atoms with Crippen LogP contribution in [0, 0.1) is 5.92 Å². The van der Waals surface area contributed by atoms with Crippen LogP contribution in [0.5, 0.6) is 0 Å². The lowest BCUT2D eigenvalue weighted by Crippen LogP contribution is -2.61. The number of nitrogens with one attached hydrogen (secondary N) is 3. The molecule has 0 aromatic carbocycles. The van der Waals surface area contributed by atoms with Crippen molar-refractivity contribution >= 4 is 58.5 Å². The molecule has 0 aromatic rings. The number of halogens is 3. The van der Waals surface area contributed by atoms with E-state index in [-0.39, 0.29) is 18.2 Å². The van der Waals surface area contributed by atoms with Gasteiger partial charge in [-0.2, -0.15) is 0 Å². The molecule has 0 unspecified atom stereocenters. The second-order valence-corrected chi connectivity index (χ2v) is 9.93. The topological polar surface area (TPSA) is 117 Å². The van der Waals surface area contributed by atoms with Crippen LogP contribution in [-0.4, -0.2) is 63.8 Å². The Hall–Kier alpha value is -1.29. The quantitative estimate of drug-likeness (QED) is 0.352. The maximum atomic E-state index is 12.7. The largest absolute Gasteiger partial charge is 0.460 e. The Morgan fingerprint density at radius 1 is 1.17 bits per heavy atom. The Labute approximate surface area is 191 Å². The minimum Gasteiger partial charge on any atom is -0.460 e. The van der Waals surface area contributed by atoms with E-state index in [9.17, 15) is 19.2 Å². The van der Waals surface area contributed by atoms with E-state index in [1.54, 1.807) is 20.8 Å². The number of nitrogens with zero attached hydrogens (tertiary/aromatic N) is 1. The molecular formula is C18H29Cl3N4O5. The van der Waals surface area contributed by atoms with Gasteiger partial charge in [-0.3, -0.25) is 24.2 Å². The van der Waals surface area contributed by atoms with Crippen LogP contribution in [0.1, 0.15) is 47.0 Å². The predicted octanol–water partition coefficient (Wildman–Crippen LogP) is 1.45. The van der Waals surface area contributed by atoms with Crippen LogP contribution in [0.25, 0.3) is 0 Å². The summed E-state index contributed by atoms with van der Waals surface area (Å²) in [6.45, 7) is 6.76. The Morgan fingerprint density at radius 2 is 1.80 bits per heavy atom. The van der Waals surface area contributed by atoms with Crippen LogP contribution in [0.2, 0.25) is 0 Å². The molecular weight excluding hydrogens is 459 g/mol. The smallest absolute Gasteiger partial charge is 0.325 e. The number of alkyl halides is 3. The minimum absolute atomic E-state index is 0.159. The summed E-state index contributed by atoms with van der Waals surface area (Å²) in [6.07, 6.45) is 1.24. The summed E-state index contributed by atoms with van der Waals surface area (Å²) < 4.78 is 3.24. The molecule has 1 saturated heterocycles.